The maximum atomic E-state index is 14.5. The molecule has 6 atom stereocenters. The van der Waals surface area contributed by atoms with Crippen LogP contribution in [0.4, 0.5) is 4.39 Å². The molecule has 154 valence electrons. The van der Waals surface area contributed by atoms with Crippen molar-refractivity contribution in [3.63, 3.8) is 0 Å². The fraction of sp³-hybridized carbons (Fsp3) is 0.682. The van der Waals surface area contributed by atoms with Gasteiger partial charge >= 0.3 is 5.97 Å². The van der Waals surface area contributed by atoms with Crippen LogP contribution in [0, 0.1) is 11.8 Å². The summed E-state index contributed by atoms with van der Waals surface area (Å²) in [5, 5.41) is 0. The van der Waals surface area contributed by atoms with Crippen LogP contribution < -0.4 is 4.74 Å². The third-order valence-corrected chi connectivity index (χ3v) is 6.11. The molecule has 28 heavy (non-hydrogen) atoms. The zero-order valence-corrected chi connectivity index (χ0v) is 16.1. The van der Waals surface area contributed by atoms with E-state index in [-0.39, 0.29) is 42.9 Å². The smallest absolute Gasteiger partial charge is 0.306 e. The van der Waals surface area contributed by atoms with Gasteiger partial charge in [0.1, 0.15) is 24.6 Å². The first-order valence-electron chi connectivity index (χ1n) is 10.5. The monoisotopic (exact) mass is 392 g/mol. The second-order valence-corrected chi connectivity index (χ2v) is 8.07. The topological polar surface area (TPSA) is 54.0 Å². The van der Waals surface area contributed by atoms with Crippen LogP contribution in [0.2, 0.25) is 0 Å². The standard InChI is InChI=1S/C22H29FO5/c23-15(14-26-16-6-2-1-3-7-16)9-10-17-18-12-21(24)27-20(18)13-19(17)28-22-8-4-5-11-25-22/h1-3,6-7,15,17-20,22H,4-5,8-14H2/t15-,17-,18-,19-,20+,22?/m1/s1. The van der Waals surface area contributed by atoms with Gasteiger partial charge in [-0.2, -0.15) is 0 Å². The molecule has 1 aromatic carbocycles. The number of halogens is 1. The lowest BCUT2D eigenvalue weighted by Gasteiger charge is -2.30. The number of para-hydroxylation sites is 1. The van der Waals surface area contributed by atoms with Gasteiger partial charge in [-0.3, -0.25) is 4.79 Å². The summed E-state index contributed by atoms with van der Waals surface area (Å²) in [5.74, 6) is 0.786. The van der Waals surface area contributed by atoms with Gasteiger partial charge in [-0.1, -0.05) is 18.2 Å². The summed E-state index contributed by atoms with van der Waals surface area (Å²) in [6.45, 7) is 0.769. The van der Waals surface area contributed by atoms with Crippen molar-refractivity contribution >= 4 is 5.97 Å². The summed E-state index contributed by atoms with van der Waals surface area (Å²) in [4.78, 5) is 11.7. The van der Waals surface area contributed by atoms with Gasteiger partial charge in [0, 0.05) is 18.9 Å². The van der Waals surface area contributed by atoms with Crippen LogP contribution in [-0.2, 0) is 19.0 Å². The molecule has 4 rings (SSSR count). The van der Waals surface area contributed by atoms with E-state index >= 15 is 0 Å². The number of carbonyl (C=O) groups excluding carboxylic acids is 1. The zero-order valence-electron chi connectivity index (χ0n) is 16.1. The van der Waals surface area contributed by atoms with Crippen molar-refractivity contribution < 1.29 is 28.1 Å². The van der Waals surface area contributed by atoms with Gasteiger partial charge in [0.25, 0.3) is 0 Å². The molecule has 2 aliphatic heterocycles. The van der Waals surface area contributed by atoms with Crippen molar-refractivity contribution in [2.45, 2.75) is 69.6 Å². The highest BCUT2D eigenvalue weighted by atomic mass is 19.1. The third-order valence-electron chi connectivity index (χ3n) is 6.11. The van der Waals surface area contributed by atoms with Crippen LogP contribution in [0.5, 0.6) is 5.75 Å². The molecular formula is C22H29FO5. The second-order valence-electron chi connectivity index (χ2n) is 8.07. The lowest BCUT2D eigenvalue weighted by atomic mass is 9.87. The first-order valence-corrected chi connectivity index (χ1v) is 10.5. The van der Waals surface area contributed by atoms with Crippen LogP contribution in [0.1, 0.15) is 44.9 Å². The van der Waals surface area contributed by atoms with E-state index in [1.165, 1.54) is 0 Å². The van der Waals surface area contributed by atoms with E-state index in [2.05, 4.69) is 0 Å². The molecule has 0 N–H and O–H groups in total. The Hall–Kier alpha value is -1.66. The quantitative estimate of drug-likeness (QED) is 0.625. The van der Waals surface area contributed by atoms with Crippen LogP contribution in [0.3, 0.4) is 0 Å². The summed E-state index contributed by atoms with van der Waals surface area (Å²) in [6.07, 6.45) is 3.87. The molecule has 1 unspecified atom stereocenters. The van der Waals surface area contributed by atoms with Crippen molar-refractivity contribution in [2.75, 3.05) is 13.2 Å². The molecule has 0 spiro atoms. The molecule has 0 amide bonds. The van der Waals surface area contributed by atoms with E-state index in [9.17, 15) is 9.18 Å². The maximum absolute atomic E-state index is 14.5. The fourth-order valence-electron chi connectivity index (χ4n) is 4.69. The summed E-state index contributed by atoms with van der Waals surface area (Å²) in [6, 6.07) is 9.28. The van der Waals surface area contributed by atoms with Crippen LogP contribution in [0.25, 0.3) is 0 Å². The minimum atomic E-state index is -1.05. The normalized spacial score (nSPS) is 33.3. The molecule has 1 aliphatic carbocycles. The number of alkyl halides is 1. The predicted molar refractivity (Wildman–Crippen MR) is 101 cm³/mol. The number of hydrogen-bond acceptors (Lipinski definition) is 5. The van der Waals surface area contributed by atoms with Gasteiger partial charge in [0.15, 0.2) is 6.29 Å². The Morgan fingerprint density at radius 1 is 1.21 bits per heavy atom. The number of fused-ring (bicyclic) bond motifs is 1. The van der Waals surface area contributed by atoms with Crippen LogP contribution in [-0.4, -0.2) is 43.9 Å². The number of benzene rings is 1. The molecule has 0 radical (unpaired) electrons. The van der Waals surface area contributed by atoms with Gasteiger partial charge in [0.2, 0.25) is 0 Å². The third kappa shape index (κ3) is 4.84. The predicted octanol–water partition coefficient (Wildman–Crippen LogP) is 4.05. The minimum absolute atomic E-state index is 0.0339. The lowest BCUT2D eigenvalue weighted by Crippen LogP contribution is -2.32. The summed E-state index contributed by atoms with van der Waals surface area (Å²) in [7, 11) is 0. The zero-order chi connectivity index (χ0) is 19.3. The van der Waals surface area contributed by atoms with Gasteiger partial charge in [-0.25, -0.2) is 4.39 Å². The molecule has 1 aromatic rings. The number of ether oxygens (including phenoxy) is 4. The Kier molecular flexibility index (Phi) is 6.47. The highest BCUT2D eigenvalue weighted by molar-refractivity contribution is 5.72. The van der Waals surface area contributed by atoms with Crippen LogP contribution >= 0.6 is 0 Å². The van der Waals surface area contributed by atoms with Crippen LogP contribution in [0.15, 0.2) is 30.3 Å². The van der Waals surface area contributed by atoms with E-state index in [1.807, 2.05) is 30.3 Å². The number of hydrogen-bond donors (Lipinski definition) is 0. The Morgan fingerprint density at radius 3 is 2.86 bits per heavy atom. The molecular weight excluding hydrogens is 363 g/mol. The average molecular weight is 392 g/mol. The molecule has 0 bridgehead atoms. The molecule has 3 fully saturated rings. The number of carbonyl (C=O) groups is 1. The minimum Gasteiger partial charge on any atom is -0.491 e. The van der Waals surface area contributed by atoms with E-state index < -0.39 is 6.17 Å². The van der Waals surface area contributed by atoms with Crippen molar-refractivity contribution in [1.82, 2.24) is 0 Å². The van der Waals surface area contributed by atoms with Gasteiger partial charge in [-0.15, -0.1) is 0 Å². The fourth-order valence-corrected chi connectivity index (χ4v) is 4.69. The summed E-state index contributed by atoms with van der Waals surface area (Å²) in [5.41, 5.74) is 0. The SMILES string of the molecule is O=C1C[C@@H]2[C@@H](CC[C@@H](F)COc3ccccc3)[C@H](OC3CCCCO3)C[C@@H]2O1. The maximum Gasteiger partial charge on any atom is 0.306 e. The van der Waals surface area contributed by atoms with Gasteiger partial charge < -0.3 is 18.9 Å². The molecule has 6 heteroatoms. The number of rotatable bonds is 8. The molecule has 1 saturated carbocycles. The van der Waals surface area contributed by atoms with E-state index in [4.69, 9.17) is 18.9 Å². The first-order chi connectivity index (χ1) is 13.7. The van der Waals surface area contributed by atoms with Crippen molar-refractivity contribution in [3.05, 3.63) is 30.3 Å². The largest absolute Gasteiger partial charge is 0.491 e. The Bertz CT molecular complexity index is 633. The first kappa shape index (κ1) is 19.6. The second kappa shape index (κ2) is 9.23. The molecule has 3 aliphatic rings. The average Bonchev–Trinajstić information content (AvgIpc) is 3.22. The summed E-state index contributed by atoms with van der Waals surface area (Å²) < 4.78 is 37.4. The van der Waals surface area contributed by atoms with Crippen molar-refractivity contribution in [3.8, 4) is 5.75 Å². The Labute approximate surface area is 165 Å². The highest BCUT2D eigenvalue weighted by Gasteiger charge is 2.51. The van der Waals surface area contributed by atoms with Gasteiger partial charge in [0.05, 0.1) is 12.5 Å². The van der Waals surface area contributed by atoms with E-state index in [0.29, 0.717) is 31.4 Å². The molecule has 2 saturated heterocycles. The Morgan fingerprint density at radius 2 is 2.07 bits per heavy atom. The molecule has 0 aromatic heterocycles. The van der Waals surface area contributed by atoms with Crippen molar-refractivity contribution in [2.24, 2.45) is 11.8 Å². The van der Waals surface area contributed by atoms with Gasteiger partial charge in [-0.05, 0) is 50.2 Å². The molecule has 5 nitrogen and oxygen atoms in total. The molecule has 2 heterocycles. The Balaban J connectivity index is 1.30. The highest BCUT2D eigenvalue weighted by Crippen LogP contribution is 2.45. The van der Waals surface area contributed by atoms with Crippen molar-refractivity contribution in [1.29, 1.82) is 0 Å². The number of esters is 1. The lowest BCUT2D eigenvalue weighted by molar-refractivity contribution is -0.197. The van der Waals surface area contributed by atoms with E-state index in [1.54, 1.807) is 0 Å². The van der Waals surface area contributed by atoms with E-state index in [0.717, 1.165) is 25.9 Å². The summed E-state index contributed by atoms with van der Waals surface area (Å²) >= 11 is 0.